The summed E-state index contributed by atoms with van der Waals surface area (Å²) in [5.41, 5.74) is 5.03. The molecule has 1 heterocycles. The van der Waals surface area contributed by atoms with E-state index in [1.807, 2.05) is 6.92 Å². The van der Waals surface area contributed by atoms with Gasteiger partial charge in [-0.2, -0.15) is 4.31 Å². The summed E-state index contributed by atoms with van der Waals surface area (Å²) in [6.45, 7) is 6.74. The van der Waals surface area contributed by atoms with Crippen LogP contribution in [0.5, 0.6) is 0 Å². The number of nitrogens with two attached hydrogens (primary N) is 1. The lowest BCUT2D eigenvalue weighted by molar-refractivity contribution is -0.0703. The number of rotatable bonds is 3. The highest BCUT2D eigenvalue weighted by Crippen LogP contribution is 2.20. The van der Waals surface area contributed by atoms with E-state index in [4.69, 9.17) is 10.5 Å². The van der Waals surface area contributed by atoms with E-state index < -0.39 is 20.9 Å². The average Bonchev–Trinajstić information content (AvgIpc) is 2.17. The Morgan fingerprint density at radius 1 is 1.53 bits per heavy atom. The van der Waals surface area contributed by atoms with Gasteiger partial charge in [0.1, 0.15) is 0 Å². The average molecular weight is 236 g/mol. The maximum absolute atomic E-state index is 11.9. The van der Waals surface area contributed by atoms with Crippen molar-refractivity contribution < 1.29 is 13.2 Å². The van der Waals surface area contributed by atoms with Gasteiger partial charge in [-0.1, -0.05) is 0 Å². The molecule has 1 aliphatic rings. The lowest BCUT2D eigenvalue weighted by Crippen LogP contribution is -2.56. The van der Waals surface area contributed by atoms with Gasteiger partial charge in [0.05, 0.1) is 17.5 Å². The summed E-state index contributed by atoms with van der Waals surface area (Å²) >= 11 is 0. The van der Waals surface area contributed by atoms with E-state index in [1.54, 1.807) is 13.8 Å². The first-order valence-corrected chi connectivity index (χ1v) is 6.65. The molecule has 1 saturated heterocycles. The fourth-order valence-corrected chi connectivity index (χ4v) is 2.91. The lowest BCUT2D eigenvalue weighted by atomic mass is 10.1. The molecule has 0 spiro atoms. The quantitative estimate of drug-likeness (QED) is 0.735. The molecule has 5 nitrogen and oxygen atoms in total. The number of nitrogens with zero attached hydrogens (tertiary/aromatic N) is 1. The summed E-state index contributed by atoms with van der Waals surface area (Å²) in [6, 6.07) is 0. The first-order valence-electron chi connectivity index (χ1n) is 5.15. The van der Waals surface area contributed by atoms with Gasteiger partial charge in [-0.3, -0.25) is 0 Å². The molecule has 0 aromatic carbocycles. The molecule has 0 aromatic rings. The van der Waals surface area contributed by atoms with Crippen molar-refractivity contribution in [1.82, 2.24) is 4.31 Å². The summed E-state index contributed by atoms with van der Waals surface area (Å²) < 4.78 is 30.8. The minimum absolute atomic E-state index is 0.330. The van der Waals surface area contributed by atoms with Crippen molar-refractivity contribution in [2.24, 2.45) is 5.73 Å². The fourth-order valence-electron chi connectivity index (χ4n) is 1.53. The third kappa shape index (κ3) is 2.69. The molecule has 2 N–H and O–H groups in total. The SMILES string of the molecule is CC(C)S(=O)(=O)N1CCOC(C)(CN)C1. The Labute approximate surface area is 91.6 Å². The van der Waals surface area contributed by atoms with E-state index in [0.29, 0.717) is 26.2 Å². The molecule has 1 aliphatic heterocycles. The summed E-state index contributed by atoms with van der Waals surface area (Å²) in [5, 5.41) is -0.391. The van der Waals surface area contributed by atoms with Crippen molar-refractivity contribution in [2.75, 3.05) is 26.2 Å². The normalized spacial score (nSPS) is 29.7. The Hall–Kier alpha value is -0.170. The van der Waals surface area contributed by atoms with Crippen molar-refractivity contribution >= 4 is 10.0 Å². The van der Waals surface area contributed by atoms with E-state index in [9.17, 15) is 8.42 Å². The number of morpholine rings is 1. The van der Waals surface area contributed by atoms with E-state index in [0.717, 1.165) is 0 Å². The predicted octanol–water partition coefficient (Wildman–Crippen LogP) is -0.226. The van der Waals surface area contributed by atoms with Crippen molar-refractivity contribution in [3.05, 3.63) is 0 Å². The fraction of sp³-hybridized carbons (Fsp3) is 1.00. The third-order valence-electron chi connectivity index (χ3n) is 2.69. The first kappa shape index (κ1) is 12.9. The zero-order chi connectivity index (χ0) is 11.7. The largest absolute Gasteiger partial charge is 0.371 e. The van der Waals surface area contributed by atoms with Gasteiger partial charge >= 0.3 is 0 Å². The van der Waals surface area contributed by atoms with E-state index in [-0.39, 0.29) is 0 Å². The highest BCUT2D eigenvalue weighted by Gasteiger charge is 2.37. The van der Waals surface area contributed by atoms with Gasteiger partial charge in [0.2, 0.25) is 10.0 Å². The molecule has 1 rings (SSSR count). The van der Waals surface area contributed by atoms with Crippen LogP contribution in [0.15, 0.2) is 0 Å². The second kappa shape index (κ2) is 4.37. The van der Waals surface area contributed by atoms with Crippen LogP contribution in [0.25, 0.3) is 0 Å². The highest BCUT2D eigenvalue weighted by molar-refractivity contribution is 7.89. The summed E-state index contributed by atoms with van der Waals surface area (Å²) in [7, 11) is -3.18. The molecule has 0 radical (unpaired) electrons. The van der Waals surface area contributed by atoms with Crippen LogP contribution < -0.4 is 5.73 Å². The first-order chi connectivity index (χ1) is 6.82. The maximum atomic E-state index is 11.9. The zero-order valence-electron chi connectivity index (χ0n) is 9.56. The van der Waals surface area contributed by atoms with Crippen LogP contribution >= 0.6 is 0 Å². The van der Waals surface area contributed by atoms with Crippen molar-refractivity contribution in [1.29, 1.82) is 0 Å². The van der Waals surface area contributed by atoms with Gasteiger partial charge < -0.3 is 10.5 Å². The van der Waals surface area contributed by atoms with Crippen LogP contribution in [0.3, 0.4) is 0 Å². The summed E-state index contributed by atoms with van der Waals surface area (Å²) in [6.07, 6.45) is 0. The van der Waals surface area contributed by atoms with E-state index in [2.05, 4.69) is 0 Å². The third-order valence-corrected chi connectivity index (χ3v) is 4.91. The summed E-state index contributed by atoms with van der Waals surface area (Å²) in [5.74, 6) is 0. The lowest BCUT2D eigenvalue weighted by Gasteiger charge is -2.39. The second-order valence-electron chi connectivity index (χ2n) is 4.43. The topological polar surface area (TPSA) is 72.6 Å². The van der Waals surface area contributed by atoms with Crippen molar-refractivity contribution in [3.8, 4) is 0 Å². The van der Waals surface area contributed by atoms with Crippen LogP contribution in [0.2, 0.25) is 0 Å². The molecule has 1 unspecified atom stereocenters. The zero-order valence-corrected chi connectivity index (χ0v) is 10.4. The maximum Gasteiger partial charge on any atom is 0.216 e. The predicted molar refractivity (Wildman–Crippen MR) is 59.0 cm³/mol. The Kier molecular flexibility index (Phi) is 3.76. The highest BCUT2D eigenvalue weighted by atomic mass is 32.2. The molecule has 0 amide bonds. The molecule has 90 valence electrons. The number of ether oxygens (including phenoxy) is 1. The molecule has 0 aliphatic carbocycles. The van der Waals surface area contributed by atoms with Gasteiger partial charge in [0.15, 0.2) is 0 Å². The van der Waals surface area contributed by atoms with Gasteiger partial charge in [0, 0.05) is 19.6 Å². The molecular weight excluding hydrogens is 216 g/mol. The van der Waals surface area contributed by atoms with Crippen LogP contribution in [-0.4, -0.2) is 49.8 Å². The van der Waals surface area contributed by atoms with Crippen LogP contribution in [0.1, 0.15) is 20.8 Å². The Balaban J connectivity index is 2.81. The van der Waals surface area contributed by atoms with E-state index in [1.165, 1.54) is 4.31 Å². The van der Waals surface area contributed by atoms with Gasteiger partial charge in [0.25, 0.3) is 0 Å². The molecule has 0 aromatic heterocycles. The molecule has 1 fully saturated rings. The van der Waals surface area contributed by atoms with Gasteiger partial charge in [-0.05, 0) is 20.8 Å². The Morgan fingerprint density at radius 2 is 2.13 bits per heavy atom. The molecule has 6 heteroatoms. The molecule has 0 saturated carbocycles. The van der Waals surface area contributed by atoms with Gasteiger partial charge in [-0.15, -0.1) is 0 Å². The molecular formula is C9H20N2O3S. The molecule has 15 heavy (non-hydrogen) atoms. The van der Waals surface area contributed by atoms with Crippen molar-refractivity contribution in [2.45, 2.75) is 31.6 Å². The Bertz CT molecular complexity index is 315. The monoisotopic (exact) mass is 236 g/mol. The minimum atomic E-state index is -3.18. The Morgan fingerprint density at radius 3 is 2.60 bits per heavy atom. The number of sulfonamides is 1. The van der Waals surface area contributed by atoms with Crippen LogP contribution in [0, 0.1) is 0 Å². The summed E-state index contributed by atoms with van der Waals surface area (Å²) in [4.78, 5) is 0. The van der Waals surface area contributed by atoms with Crippen LogP contribution in [0.4, 0.5) is 0 Å². The molecule has 0 bridgehead atoms. The number of hydrogen-bond donors (Lipinski definition) is 1. The standard InChI is InChI=1S/C9H20N2O3S/c1-8(2)15(12,13)11-4-5-14-9(3,6-10)7-11/h8H,4-7,10H2,1-3H3. The van der Waals surface area contributed by atoms with Gasteiger partial charge in [-0.25, -0.2) is 8.42 Å². The smallest absolute Gasteiger partial charge is 0.216 e. The second-order valence-corrected chi connectivity index (χ2v) is 6.92. The number of hydrogen-bond acceptors (Lipinski definition) is 4. The van der Waals surface area contributed by atoms with E-state index >= 15 is 0 Å². The van der Waals surface area contributed by atoms with Crippen LogP contribution in [-0.2, 0) is 14.8 Å². The van der Waals surface area contributed by atoms with Crippen molar-refractivity contribution in [3.63, 3.8) is 0 Å². The molecule has 1 atom stereocenters. The minimum Gasteiger partial charge on any atom is -0.371 e.